The standard InChI is InChI=1S/C14H17FN2O3/c1-9-4-3-7-17(12(9)13(18)19)14(20)16-11-6-2-5-10(15)8-11/h2,5-6,8-9,12H,3-4,7H2,1H3,(H,16,20)(H,18,19). The van der Waals surface area contributed by atoms with Gasteiger partial charge in [0, 0.05) is 12.2 Å². The number of nitrogens with one attached hydrogen (secondary N) is 1. The number of nitrogens with zero attached hydrogens (tertiary/aromatic N) is 1. The summed E-state index contributed by atoms with van der Waals surface area (Å²) in [6, 6.07) is 4.18. The smallest absolute Gasteiger partial charge is 0.326 e. The van der Waals surface area contributed by atoms with E-state index in [1.807, 2.05) is 6.92 Å². The van der Waals surface area contributed by atoms with Gasteiger partial charge in [0.1, 0.15) is 11.9 Å². The summed E-state index contributed by atoms with van der Waals surface area (Å²) in [4.78, 5) is 24.8. The Morgan fingerprint density at radius 3 is 2.85 bits per heavy atom. The average molecular weight is 280 g/mol. The highest BCUT2D eigenvalue weighted by Gasteiger charge is 2.37. The zero-order valence-electron chi connectivity index (χ0n) is 11.2. The van der Waals surface area contributed by atoms with Crippen LogP contribution in [0.2, 0.25) is 0 Å². The minimum absolute atomic E-state index is 0.0977. The molecule has 0 spiro atoms. The molecule has 0 aliphatic carbocycles. The molecule has 6 heteroatoms. The molecule has 1 aliphatic heterocycles. The zero-order chi connectivity index (χ0) is 14.7. The van der Waals surface area contributed by atoms with E-state index in [-0.39, 0.29) is 5.92 Å². The number of carboxylic acid groups (broad SMARTS) is 1. The number of hydrogen-bond acceptors (Lipinski definition) is 2. The van der Waals surface area contributed by atoms with E-state index in [1.54, 1.807) is 6.07 Å². The molecule has 0 saturated carbocycles. The normalized spacial score (nSPS) is 22.4. The van der Waals surface area contributed by atoms with E-state index in [0.717, 1.165) is 12.8 Å². The van der Waals surface area contributed by atoms with Crippen LogP contribution in [0.4, 0.5) is 14.9 Å². The Hall–Kier alpha value is -2.11. The molecule has 1 heterocycles. The molecule has 0 aromatic heterocycles. The van der Waals surface area contributed by atoms with E-state index in [2.05, 4.69) is 5.32 Å². The lowest BCUT2D eigenvalue weighted by Gasteiger charge is -2.37. The van der Waals surface area contributed by atoms with Crippen LogP contribution in [0, 0.1) is 11.7 Å². The van der Waals surface area contributed by atoms with Crippen LogP contribution in [0.3, 0.4) is 0 Å². The van der Waals surface area contributed by atoms with Gasteiger partial charge in [0.15, 0.2) is 0 Å². The molecular weight excluding hydrogens is 263 g/mol. The first-order chi connectivity index (χ1) is 9.49. The first kappa shape index (κ1) is 14.3. The third-order valence-electron chi connectivity index (χ3n) is 3.52. The van der Waals surface area contributed by atoms with Crippen LogP contribution >= 0.6 is 0 Å². The molecular formula is C14H17FN2O3. The van der Waals surface area contributed by atoms with E-state index in [4.69, 9.17) is 0 Å². The first-order valence-corrected chi connectivity index (χ1v) is 6.55. The van der Waals surface area contributed by atoms with E-state index in [0.29, 0.717) is 12.2 Å². The Labute approximate surface area is 116 Å². The number of likely N-dealkylation sites (tertiary alicyclic amines) is 1. The van der Waals surface area contributed by atoms with Crippen molar-refractivity contribution in [1.82, 2.24) is 4.90 Å². The number of halogens is 1. The summed E-state index contributed by atoms with van der Waals surface area (Å²) in [7, 11) is 0. The number of hydrogen-bond donors (Lipinski definition) is 2. The summed E-state index contributed by atoms with van der Waals surface area (Å²) in [5.74, 6) is -1.56. The average Bonchev–Trinajstić information content (AvgIpc) is 2.37. The van der Waals surface area contributed by atoms with Gasteiger partial charge in [0.2, 0.25) is 0 Å². The third kappa shape index (κ3) is 3.07. The summed E-state index contributed by atoms with van der Waals surface area (Å²) in [5.41, 5.74) is 0.317. The molecule has 1 aromatic rings. The van der Waals surface area contributed by atoms with Crippen LogP contribution in [0.5, 0.6) is 0 Å². The number of carbonyl (C=O) groups is 2. The number of piperidine rings is 1. The number of rotatable bonds is 2. The van der Waals surface area contributed by atoms with Crippen LogP contribution in [-0.2, 0) is 4.79 Å². The molecule has 1 aliphatic rings. The largest absolute Gasteiger partial charge is 0.480 e. The van der Waals surface area contributed by atoms with Crippen molar-refractivity contribution in [1.29, 1.82) is 0 Å². The number of benzene rings is 1. The van der Waals surface area contributed by atoms with Crippen LogP contribution in [0.1, 0.15) is 19.8 Å². The highest BCUT2D eigenvalue weighted by molar-refractivity contribution is 5.92. The maximum atomic E-state index is 13.1. The quantitative estimate of drug-likeness (QED) is 0.874. The molecule has 2 atom stereocenters. The van der Waals surface area contributed by atoms with E-state index >= 15 is 0 Å². The second-order valence-electron chi connectivity index (χ2n) is 5.04. The summed E-state index contributed by atoms with van der Waals surface area (Å²) < 4.78 is 13.1. The van der Waals surface area contributed by atoms with Gasteiger partial charge in [0.05, 0.1) is 0 Å². The van der Waals surface area contributed by atoms with E-state index < -0.39 is 23.9 Å². The van der Waals surface area contributed by atoms with Gasteiger partial charge in [-0.1, -0.05) is 13.0 Å². The molecule has 2 N–H and O–H groups in total. The van der Waals surface area contributed by atoms with Gasteiger partial charge >= 0.3 is 12.0 Å². The van der Waals surface area contributed by atoms with Crippen molar-refractivity contribution in [2.24, 2.45) is 5.92 Å². The summed E-state index contributed by atoms with van der Waals surface area (Å²) in [5, 5.41) is 11.8. The number of urea groups is 1. The Bertz CT molecular complexity index is 521. The van der Waals surface area contributed by atoms with Crippen molar-refractivity contribution in [2.75, 3.05) is 11.9 Å². The predicted octanol–water partition coefficient (Wildman–Crippen LogP) is 2.54. The lowest BCUT2D eigenvalue weighted by Crippen LogP contribution is -2.53. The molecule has 2 amide bonds. The van der Waals surface area contributed by atoms with Crippen LogP contribution in [0.25, 0.3) is 0 Å². The molecule has 1 saturated heterocycles. The van der Waals surface area contributed by atoms with Gasteiger partial charge < -0.3 is 15.3 Å². The third-order valence-corrected chi connectivity index (χ3v) is 3.52. The van der Waals surface area contributed by atoms with E-state index in [1.165, 1.54) is 23.1 Å². The van der Waals surface area contributed by atoms with Gasteiger partial charge in [-0.05, 0) is 37.0 Å². The first-order valence-electron chi connectivity index (χ1n) is 6.55. The Kier molecular flexibility index (Phi) is 4.22. The Morgan fingerprint density at radius 2 is 2.20 bits per heavy atom. The lowest BCUT2D eigenvalue weighted by atomic mass is 9.91. The number of aliphatic carboxylic acids is 1. The fourth-order valence-corrected chi connectivity index (χ4v) is 2.55. The topological polar surface area (TPSA) is 69.6 Å². The molecule has 2 rings (SSSR count). The van der Waals surface area contributed by atoms with Crippen molar-refractivity contribution < 1.29 is 19.1 Å². The second kappa shape index (κ2) is 5.90. The van der Waals surface area contributed by atoms with Crippen molar-refractivity contribution in [3.8, 4) is 0 Å². The minimum Gasteiger partial charge on any atom is -0.480 e. The SMILES string of the molecule is CC1CCCN(C(=O)Nc2cccc(F)c2)C1C(=O)O. The maximum absolute atomic E-state index is 13.1. The zero-order valence-corrected chi connectivity index (χ0v) is 11.2. The molecule has 108 valence electrons. The van der Waals surface area contributed by atoms with Crippen molar-refractivity contribution in [3.63, 3.8) is 0 Å². The van der Waals surface area contributed by atoms with Crippen LogP contribution in [0.15, 0.2) is 24.3 Å². The highest BCUT2D eigenvalue weighted by Crippen LogP contribution is 2.24. The second-order valence-corrected chi connectivity index (χ2v) is 5.04. The Morgan fingerprint density at radius 1 is 1.45 bits per heavy atom. The van der Waals surface area contributed by atoms with E-state index in [9.17, 15) is 19.1 Å². The maximum Gasteiger partial charge on any atom is 0.326 e. The molecule has 5 nitrogen and oxygen atoms in total. The monoisotopic (exact) mass is 280 g/mol. The van der Waals surface area contributed by atoms with Gasteiger partial charge in [-0.2, -0.15) is 0 Å². The fraction of sp³-hybridized carbons (Fsp3) is 0.429. The summed E-state index contributed by atoms with van der Waals surface area (Å²) in [6.07, 6.45) is 1.54. The van der Waals surface area contributed by atoms with Crippen molar-refractivity contribution >= 4 is 17.7 Å². The number of amides is 2. The molecule has 1 fully saturated rings. The van der Waals surface area contributed by atoms with Gasteiger partial charge in [-0.25, -0.2) is 14.0 Å². The number of carbonyl (C=O) groups excluding carboxylic acids is 1. The number of anilines is 1. The fourth-order valence-electron chi connectivity index (χ4n) is 2.55. The summed E-state index contributed by atoms with van der Waals surface area (Å²) in [6.45, 7) is 2.21. The van der Waals surface area contributed by atoms with Crippen molar-refractivity contribution in [3.05, 3.63) is 30.1 Å². The molecule has 0 bridgehead atoms. The molecule has 1 aromatic carbocycles. The van der Waals surface area contributed by atoms with Crippen molar-refractivity contribution in [2.45, 2.75) is 25.8 Å². The van der Waals surface area contributed by atoms with Gasteiger partial charge in [-0.3, -0.25) is 0 Å². The molecule has 2 unspecified atom stereocenters. The predicted molar refractivity (Wildman–Crippen MR) is 71.9 cm³/mol. The van der Waals surface area contributed by atoms with Crippen LogP contribution < -0.4 is 5.32 Å². The highest BCUT2D eigenvalue weighted by atomic mass is 19.1. The summed E-state index contributed by atoms with van der Waals surface area (Å²) >= 11 is 0. The lowest BCUT2D eigenvalue weighted by molar-refractivity contribution is -0.145. The van der Waals surface area contributed by atoms with Gasteiger partial charge in [-0.15, -0.1) is 0 Å². The van der Waals surface area contributed by atoms with Crippen LogP contribution in [-0.4, -0.2) is 34.6 Å². The van der Waals surface area contributed by atoms with Gasteiger partial charge in [0.25, 0.3) is 0 Å². The number of carboxylic acids is 1. The molecule has 0 radical (unpaired) electrons. The molecule has 20 heavy (non-hydrogen) atoms. The minimum atomic E-state index is -1.01. The Balaban J connectivity index is 2.12.